The third-order valence-corrected chi connectivity index (χ3v) is 5.04. The number of nitrogens with zero attached hydrogens (tertiary/aromatic N) is 1. The molecule has 0 aliphatic heterocycles. The standard InChI is InChI=1S/C20H20ClFN2O4S/c1-24(12-18(25)23-17-5-3-2-4-16(17)21)19(26)13-28-20(27)10-11-29-15-8-6-14(22)7-9-15/h2-9H,10-13H2,1H3,(H,23,25). The molecule has 0 spiro atoms. The van der Waals surface area contributed by atoms with E-state index in [4.69, 9.17) is 16.3 Å². The molecule has 0 radical (unpaired) electrons. The van der Waals surface area contributed by atoms with Gasteiger partial charge in [0, 0.05) is 17.7 Å². The van der Waals surface area contributed by atoms with Crippen molar-refractivity contribution in [3.05, 3.63) is 59.4 Å². The minimum absolute atomic E-state index is 0.103. The van der Waals surface area contributed by atoms with Crippen LogP contribution in [0.2, 0.25) is 5.02 Å². The van der Waals surface area contributed by atoms with Gasteiger partial charge in [-0.25, -0.2) is 4.39 Å². The highest BCUT2D eigenvalue weighted by atomic mass is 35.5. The molecule has 1 N–H and O–H groups in total. The van der Waals surface area contributed by atoms with E-state index in [-0.39, 0.29) is 18.8 Å². The molecule has 9 heteroatoms. The van der Waals surface area contributed by atoms with E-state index < -0.39 is 24.4 Å². The molecule has 0 heterocycles. The van der Waals surface area contributed by atoms with Gasteiger partial charge in [0.1, 0.15) is 5.82 Å². The number of thioether (sulfide) groups is 1. The van der Waals surface area contributed by atoms with Gasteiger partial charge in [0.2, 0.25) is 5.91 Å². The number of amides is 2. The third-order valence-electron chi connectivity index (χ3n) is 3.70. The zero-order valence-electron chi connectivity index (χ0n) is 15.7. The summed E-state index contributed by atoms with van der Waals surface area (Å²) in [5.41, 5.74) is 0.449. The fraction of sp³-hybridized carbons (Fsp3) is 0.250. The monoisotopic (exact) mass is 438 g/mol. The molecule has 2 rings (SSSR count). The molecule has 0 unspecified atom stereocenters. The number of carbonyl (C=O) groups excluding carboxylic acids is 3. The minimum Gasteiger partial charge on any atom is -0.456 e. The van der Waals surface area contributed by atoms with Crippen LogP contribution in [0.4, 0.5) is 10.1 Å². The SMILES string of the molecule is CN(CC(=O)Nc1ccccc1Cl)C(=O)COC(=O)CCSc1ccc(F)cc1. The molecule has 2 aromatic rings. The maximum Gasteiger partial charge on any atom is 0.307 e. The van der Waals surface area contributed by atoms with Crippen molar-refractivity contribution in [1.82, 2.24) is 4.90 Å². The lowest BCUT2D eigenvalue weighted by Crippen LogP contribution is -2.37. The summed E-state index contributed by atoms with van der Waals surface area (Å²) >= 11 is 7.35. The fourth-order valence-corrected chi connectivity index (χ4v) is 3.18. The summed E-state index contributed by atoms with van der Waals surface area (Å²) in [6.45, 7) is -0.655. The van der Waals surface area contributed by atoms with E-state index in [9.17, 15) is 18.8 Å². The molecular formula is C20H20ClFN2O4S. The molecular weight excluding hydrogens is 419 g/mol. The lowest BCUT2D eigenvalue weighted by Gasteiger charge is -2.17. The Bertz CT molecular complexity index is 864. The van der Waals surface area contributed by atoms with Gasteiger partial charge in [-0.3, -0.25) is 14.4 Å². The lowest BCUT2D eigenvalue weighted by atomic mass is 10.3. The van der Waals surface area contributed by atoms with E-state index >= 15 is 0 Å². The average molecular weight is 439 g/mol. The number of esters is 1. The van der Waals surface area contributed by atoms with E-state index in [1.165, 1.54) is 30.9 Å². The van der Waals surface area contributed by atoms with Crippen LogP contribution < -0.4 is 5.32 Å². The quantitative estimate of drug-likeness (QED) is 0.478. The summed E-state index contributed by atoms with van der Waals surface area (Å²) in [5, 5.41) is 3.00. The van der Waals surface area contributed by atoms with Crippen LogP contribution >= 0.6 is 23.4 Å². The molecule has 0 saturated carbocycles. The second kappa shape index (κ2) is 11.4. The first-order valence-electron chi connectivity index (χ1n) is 8.67. The zero-order chi connectivity index (χ0) is 21.2. The number of rotatable bonds is 9. The molecule has 0 aliphatic carbocycles. The fourth-order valence-electron chi connectivity index (χ4n) is 2.16. The Hall–Kier alpha value is -2.58. The molecule has 6 nitrogen and oxygen atoms in total. The molecule has 2 amide bonds. The molecule has 0 bridgehead atoms. The molecule has 0 fully saturated rings. The maximum atomic E-state index is 12.8. The predicted octanol–water partition coefficient (Wildman–Crippen LogP) is 3.60. The summed E-state index contributed by atoms with van der Waals surface area (Å²) < 4.78 is 17.8. The molecule has 0 saturated heterocycles. The van der Waals surface area contributed by atoms with Gasteiger partial charge in [-0.05, 0) is 36.4 Å². The summed E-state index contributed by atoms with van der Waals surface area (Å²) in [7, 11) is 1.44. The van der Waals surface area contributed by atoms with Gasteiger partial charge < -0.3 is 15.0 Å². The largest absolute Gasteiger partial charge is 0.456 e. The molecule has 0 atom stereocenters. The van der Waals surface area contributed by atoms with Gasteiger partial charge in [0.25, 0.3) is 5.91 Å². The molecule has 0 aromatic heterocycles. The van der Waals surface area contributed by atoms with Crippen molar-refractivity contribution in [2.75, 3.05) is 31.3 Å². The first-order valence-corrected chi connectivity index (χ1v) is 10.0. The Morgan fingerprint density at radius 1 is 1.14 bits per heavy atom. The topological polar surface area (TPSA) is 75.7 Å². The van der Waals surface area contributed by atoms with Crippen molar-refractivity contribution in [3.8, 4) is 0 Å². The van der Waals surface area contributed by atoms with E-state index in [2.05, 4.69) is 5.32 Å². The normalized spacial score (nSPS) is 10.3. The van der Waals surface area contributed by atoms with Crippen molar-refractivity contribution < 1.29 is 23.5 Å². The van der Waals surface area contributed by atoms with Crippen molar-refractivity contribution in [2.24, 2.45) is 0 Å². The van der Waals surface area contributed by atoms with Gasteiger partial charge in [-0.2, -0.15) is 0 Å². The summed E-state index contributed by atoms with van der Waals surface area (Å²) in [6, 6.07) is 12.7. The predicted molar refractivity (Wildman–Crippen MR) is 110 cm³/mol. The number of para-hydroxylation sites is 1. The van der Waals surface area contributed by atoms with Crippen LogP contribution in [-0.2, 0) is 19.1 Å². The second-order valence-electron chi connectivity index (χ2n) is 5.99. The van der Waals surface area contributed by atoms with Crippen LogP contribution in [0.25, 0.3) is 0 Å². The minimum atomic E-state index is -0.526. The molecule has 0 aliphatic rings. The highest BCUT2D eigenvalue weighted by Gasteiger charge is 2.16. The van der Waals surface area contributed by atoms with Crippen molar-refractivity contribution in [2.45, 2.75) is 11.3 Å². The number of carbonyl (C=O) groups is 3. The smallest absolute Gasteiger partial charge is 0.307 e. The zero-order valence-corrected chi connectivity index (χ0v) is 17.3. The van der Waals surface area contributed by atoms with E-state index in [0.29, 0.717) is 16.5 Å². The van der Waals surface area contributed by atoms with Crippen LogP contribution in [0.1, 0.15) is 6.42 Å². The van der Waals surface area contributed by atoms with E-state index in [0.717, 1.165) is 9.80 Å². The van der Waals surface area contributed by atoms with Crippen LogP contribution in [0, 0.1) is 5.82 Å². The van der Waals surface area contributed by atoms with Crippen LogP contribution in [0.5, 0.6) is 0 Å². The Kier molecular flexibility index (Phi) is 8.95. The van der Waals surface area contributed by atoms with Gasteiger partial charge in [-0.15, -0.1) is 11.8 Å². The van der Waals surface area contributed by atoms with Gasteiger partial charge in [0.05, 0.1) is 23.7 Å². The van der Waals surface area contributed by atoms with Gasteiger partial charge >= 0.3 is 5.97 Å². The van der Waals surface area contributed by atoms with Crippen molar-refractivity contribution in [3.63, 3.8) is 0 Å². The first kappa shape index (κ1) is 22.7. The number of benzene rings is 2. The number of likely N-dealkylation sites (N-methyl/N-ethyl adjacent to an activating group) is 1. The Balaban J connectivity index is 1.66. The number of anilines is 1. The third kappa shape index (κ3) is 8.13. The summed E-state index contributed by atoms with van der Waals surface area (Å²) in [4.78, 5) is 37.8. The number of nitrogens with one attached hydrogen (secondary N) is 1. The van der Waals surface area contributed by atoms with Crippen LogP contribution in [-0.4, -0.2) is 48.6 Å². The average Bonchev–Trinajstić information content (AvgIpc) is 2.69. The van der Waals surface area contributed by atoms with E-state index in [1.807, 2.05) is 0 Å². The summed E-state index contributed by atoms with van der Waals surface area (Å²) in [6.07, 6.45) is 0.103. The number of hydrogen-bond donors (Lipinski definition) is 1. The Labute approximate surface area is 177 Å². The molecule has 29 heavy (non-hydrogen) atoms. The molecule has 2 aromatic carbocycles. The number of ether oxygens (including phenoxy) is 1. The lowest BCUT2D eigenvalue weighted by molar-refractivity contribution is -0.151. The first-order chi connectivity index (χ1) is 13.8. The second-order valence-corrected chi connectivity index (χ2v) is 7.57. The maximum absolute atomic E-state index is 12.8. The van der Waals surface area contributed by atoms with Gasteiger partial charge in [0.15, 0.2) is 6.61 Å². The summed E-state index contributed by atoms with van der Waals surface area (Å²) in [5.74, 6) is -1.33. The number of hydrogen-bond acceptors (Lipinski definition) is 5. The highest BCUT2D eigenvalue weighted by Crippen LogP contribution is 2.20. The Morgan fingerprint density at radius 3 is 2.52 bits per heavy atom. The number of halogens is 2. The van der Waals surface area contributed by atoms with Crippen molar-refractivity contribution >= 4 is 46.8 Å². The Morgan fingerprint density at radius 2 is 1.83 bits per heavy atom. The van der Waals surface area contributed by atoms with Crippen molar-refractivity contribution in [1.29, 1.82) is 0 Å². The van der Waals surface area contributed by atoms with Crippen LogP contribution in [0.3, 0.4) is 0 Å². The van der Waals surface area contributed by atoms with Gasteiger partial charge in [-0.1, -0.05) is 23.7 Å². The van der Waals surface area contributed by atoms with E-state index in [1.54, 1.807) is 36.4 Å². The highest BCUT2D eigenvalue weighted by molar-refractivity contribution is 7.99. The molecule has 154 valence electrons. The van der Waals surface area contributed by atoms with Crippen LogP contribution in [0.15, 0.2) is 53.4 Å².